The second-order valence-corrected chi connectivity index (χ2v) is 5.53. The quantitative estimate of drug-likeness (QED) is 0.708. The van der Waals surface area contributed by atoms with Crippen LogP contribution in [0.2, 0.25) is 0 Å². The smallest absolute Gasteiger partial charge is 0.0227 e. The van der Waals surface area contributed by atoms with Crippen LogP contribution in [0.5, 0.6) is 0 Å². The maximum absolute atomic E-state index is 4.28. The third-order valence-electron chi connectivity index (χ3n) is 3.54. The van der Waals surface area contributed by atoms with Crippen molar-refractivity contribution in [1.82, 2.24) is 4.90 Å². The highest BCUT2D eigenvalue weighted by molar-refractivity contribution is 5.70. The number of hydrogen-bond acceptors (Lipinski definition) is 1. The largest absolute Gasteiger partial charge is 0.305 e. The molecule has 0 saturated carbocycles. The molecule has 96 valence electrons. The lowest BCUT2D eigenvalue weighted by Gasteiger charge is -2.21. The van der Waals surface area contributed by atoms with Crippen LogP contribution in [-0.4, -0.2) is 25.5 Å². The topological polar surface area (TPSA) is 3.24 Å². The lowest BCUT2D eigenvalue weighted by molar-refractivity contribution is 0.463. The van der Waals surface area contributed by atoms with Crippen LogP contribution in [-0.2, 0) is 6.42 Å². The van der Waals surface area contributed by atoms with Gasteiger partial charge in [0, 0.05) is 6.54 Å². The van der Waals surface area contributed by atoms with Crippen molar-refractivity contribution >= 4 is 5.57 Å². The fraction of sp³-hybridized carbons (Fsp3) is 0.412. The minimum atomic E-state index is 0.927. The molecule has 0 fully saturated rings. The van der Waals surface area contributed by atoms with Gasteiger partial charge in [-0.1, -0.05) is 36.4 Å². The van der Waals surface area contributed by atoms with Crippen LogP contribution in [0.15, 0.2) is 36.4 Å². The summed E-state index contributed by atoms with van der Waals surface area (Å²) in [5, 5.41) is 0. The van der Waals surface area contributed by atoms with Crippen molar-refractivity contribution < 1.29 is 0 Å². The van der Waals surface area contributed by atoms with Crippen LogP contribution < -0.4 is 0 Å². The second kappa shape index (κ2) is 5.53. The maximum atomic E-state index is 4.28. The Labute approximate surface area is 111 Å². The number of allylic oxidation sites excluding steroid dienone is 2. The van der Waals surface area contributed by atoms with Gasteiger partial charge in [-0.3, -0.25) is 0 Å². The molecule has 0 unspecified atom stereocenters. The van der Waals surface area contributed by atoms with E-state index in [1.807, 2.05) is 0 Å². The van der Waals surface area contributed by atoms with Crippen molar-refractivity contribution in [3.8, 4) is 0 Å². The third-order valence-corrected chi connectivity index (χ3v) is 3.54. The minimum absolute atomic E-state index is 0.927. The Balaban J connectivity index is 2.28. The Morgan fingerprint density at radius 1 is 1.33 bits per heavy atom. The summed E-state index contributed by atoms with van der Waals surface area (Å²) in [6, 6.07) is 6.60. The first kappa shape index (κ1) is 13.1. The molecule has 1 aliphatic rings. The molecular formula is C17H23N. The fourth-order valence-corrected chi connectivity index (χ4v) is 2.60. The van der Waals surface area contributed by atoms with E-state index >= 15 is 0 Å². The molecule has 0 saturated heterocycles. The molecule has 0 aliphatic heterocycles. The summed E-state index contributed by atoms with van der Waals surface area (Å²) in [7, 11) is 4.19. The molecule has 1 aromatic carbocycles. The Morgan fingerprint density at radius 3 is 2.61 bits per heavy atom. The molecule has 1 aromatic rings. The Morgan fingerprint density at radius 2 is 2.06 bits per heavy atom. The first-order valence-electron chi connectivity index (χ1n) is 6.67. The number of rotatable bonds is 5. The van der Waals surface area contributed by atoms with Gasteiger partial charge in [0.25, 0.3) is 0 Å². The molecule has 0 amide bonds. The van der Waals surface area contributed by atoms with Gasteiger partial charge in [0.15, 0.2) is 0 Å². The van der Waals surface area contributed by atoms with E-state index in [0.717, 1.165) is 13.0 Å². The fourth-order valence-electron chi connectivity index (χ4n) is 2.60. The lowest BCUT2D eigenvalue weighted by Crippen LogP contribution is -2.15. The molecule has 0 bridgehead atoms. The van der Waals surface area contributed by atoms with Gasteiger partial charge < -0.3 is 4.90 Å². The molecule has 0 heterocycles. The lowest BCUT2D eigenvalue weighted by atomic mass is 9.87. The molecule has 1 nitrogen and oxygen atoms in total. The number of hydrogen-bond donors (Lipinski definition) is 0. The van der Waals surface area contributed by atoms with Crippen molar-refractivity contribution in [3.63, 3.8) is 0 Å². The number of nitrogens with zero attached hydrogens (tertiary/aromatic N) is 1. The third kappa shape index (κ3) is 2.91. The van der Waals surface area contributed by atoms with E-state index in [-0.39, 0.29) is 0 Å². The summed E-state index contributed by atoms with van der Waals surface area (Å²) in [6.07, 6.45) is 5.99. The van der Waals surface area contributed by atoms with Crippen LogP contribution >= 0.6 is 0 Å². The van der Waals surface area contributed by atoms with E-state index in [2.05, 4.69) is 56.8 Å². The summed E-state index contributed by atoms with van der Waals surface area (Å²) in [4.78, 5) is 2.18. The van der Waals surface area contributed by atoms with Gasteiger partial charge in [0.05, 0.1) is 0 Å². The van der Waals surface area contributed by atoms with E-state index < -0.39 is 0 Å². The molecular weight excluding hydrogens is 218 g/mol. The zero-order chi connectivity index (χ0) is 13.1. The summed E-state index contributed by atoms with van der Waals surface area (Å²) in [6.45, 7) is 7.39. The van der Waals surface area contributed by atoms with Gasteiger partial charge in [-0.05, 0) is 62.5 Å². The number of aryl methyl sites for hydroxylation is 1. The molecule has 2 rings (SSSR count). The van der Waals surface area contributed by atoms with Crippen LogP contribution in [0.3, 0.4) is 0 Å². The highest BCUT2D eigenvalue weighted by Crippen LogP contribution is 2.28. The van der Waals surface area contributed by atoms with Crippen LogP contribution in [0, 0.1) is 6.92 Å². The highest BCUT2D eigenvalue weighted by Gasteiger charge is 2.13. The molecule has 0 aromatic heterocycles. The van der Waals surface area contributed by atoms with Gasteiger partial charge >= 0.3 is 0 Å². The normalized spacial score (nSPS) is 14.3. The zero-order valence-corrected chi connectivity index (χ0v) is 11.8. The van der Waals surface area contributed by atoms with E-state index in [9.17, 15) is 0 Å². The van der Waals surface area contributed by atoms with Gasteiger partial charge in [-0.25, -0.2) is 0 Å². The van der Waals surface area contributed by atoms with Crippen molar-refractivity contribution in [1.29, 1.82) is 0 Å². The molecule has 0 spiro atoms. The highest BCUT2D eigenvalue weighted by atomic mass is 15.0. The molecule has 0 N–H and O–H groups in total. The Bertz CT molecular complexity index is 480. The summed E-state index contributed by atoms with van der Waals surface area (Å²) < 4.78 is 0. The Kier molecular flexibility index (Phi) is 4.03. The van der Waals surface area contributed by atoms with E-state index in [0.29, 0.717) is 0 Å². The Hall–Kier alpha value is -1.34. The SMILES string of the molecule is C=C(CN(C)C)c1c(C)cccc1CC1=CCC1. The first-order chi connectivity index (χ1) is 8.58. The summed E-state index contributed by atoms with van der Waals surface area (Å²) >= 11 is 0. The van der Waals surface area contributed by atoms with E-state index in [1.54, 1.807) is 5.57 Å². The van der Waals surface area contributed by atoms with Crippen molar-refractivity contribution in [2.45, 2.75) is 26.2 Å². The molecule has 18 heavy (non-hydrogen) atoms. The van der Waals surface area contributed by atoms with Crippen LogP contribution in [0.1, 0.15) is 29.5 Å². The molecule has 0 radical (unpaired) electrons. The molecule has 0 atom stereocenters. The van der Waals surface area contributed by atoms with Crippen molar-refractivity contribution in [2.24, 2.45) is 0 Å². The van der Waals surface area contributed by atoms with Gasteiger partial charge in [0.2, 0.25) is 0 Å². The number of benzene rings is 1. The number of likely N-dealkylation sites (N-methyl/N-ethyl adjacent to an activating group) is 1. The van der Waals surface area contributed by atoms with Gasteiger partial charge in [-0.2, -0.15) is 0 Å². The maximum Gasteiger partial charge on any atom is 0.0227 e. The summed E-state index contributed by atoms with van der Waals surface area (Å²) in [5.41, 5.74) is 6.97. The predicted octanol–water partition coefficient (Wildman–Crippen LogP) is 3.83. The molecule has 1 aliphatic carbocycles. The predicted molar refractivity (Wildman–Crippen MR) is 79.8 cm³/mol. The average Bonchev–Trinajstić information content (AvgIpc) is 2.22. The monoisotopic (exact) mass is 241 g/mol. The zero-order valence-electron chi connectivity index (χ0n) is 11.8. The van der Waals surface area contributed by atoms with Crippen LogP contribution in [0.4, 0.5) is 0 Å². The van der Waals surface area contributed by atoms with Crippen molar-refractivity contribution in [3.05, 3.63) is 53.1 Å². The average molecular weight is 241 g/mol. The van der Waals surface area contributed by atoms with Crippen LogP contribution in [0.25, 0.3) is 5.57 Å². The summed E-state index contributed by atoms with van der Waals surface area (Å²) in [5.74, 6) is 0. The standard InChI is InChI=1S/C17H23N/c1-13-7-5-10-16(11-15-8-6-9-15)17(13)14(2)12-18(3)4/h5,7-8,10H,2,6,9,11-12H2,1,3-4H3. The van der Waals surface area contributed by atoms with Crippen molar-refractivity contribution in [2.75, 3.05) is 20.6 Å². The van der Waals surface area contributed by atoms with Gasteiger partial charge in [-0.15, -0.1) is 0 Å². The minimum Gasteiger partial charge on any atom is -0.305 e. The van der Waals surface area contributed by atoms with E-state index in [4.69, 9.17) is 0 Å². The van der Waals surface area contributed by atoms with E-state index in [1.165, 1.54) is 35.1 Å². The molecule has 1 heteroatoms. The van der Waals surface area contributed by atoms with Gasteiger partial charge in [0.1, 0.15) is 0 Å². The second-order valence-electron chi connectivity index (χ2n) is 5.53. The first-order valence-corrected chi connectivity index (χ1v) is 6.67.